The van der Waals surface area contributed by atoms with Gasteiger partial charge in [-0.2, -0.15) is 0 Å². The molecule has 0 amide bonds. The van der Waals surface area contributed by atoms with E-state index in [1.807, 2.05) is 6.92 Å². The summed E-state index contributed by atoms with van der Waals surface area (Å²) in [5.74, 6) is -0.550. The molecule has 2 unspecified atom stereocenters. The topological polar surface area (TPSA) is 92.4 Å². The van der Waals surface area contributed by atoms with Crippen LogP contribution in [0.4, 0.5) is 11.4 Å². The van der Waals surface area contributed by atoms with Gasteiger partial charge in [-0.3, -0.25) is 4.21 Å². The third kappa shape index (κ3) is 4.72. The molecule has 0 heterocycles. The maximum atomic E-state index is 11.2. The molecule has 0 aliphatic rings. The molecule has 0 aliphatic heterocycles. The number of nitrogens with one attached hydrogen (secondary N) is 1. The predicted molar refractivity (Wildman–Crippen MR) is 79.5 cm³/mol. The van der Waals surface area contributed by atoms with E-state index in [9.17, 15) is 9.00 Å². The van der Waals surface area contributed by atoms with Gasteiger partial charge in [-0.15, -0.1) is 0 Å². The maximum Gasteiger partial charge on any atom is 0.337 e. The fourth-order valence-corrected chi connectivity index (χ4v) is 2.57. The van der Waals surface area contributed by atoms with E-state index in [1.54, 1.807) is 6.26 Å². The Morgan fingerprint density at radius 2 is 2.21 bits per heavy atom. The number of hydrogen-bond acceptors (Lipinski definition) is 4. The first kappa shape index (κ1) is 15.8. The minimum absolute atomic E-state index is 0.0365. The summed E-state index contributed by atoms with van der Waals surface area (Å²) in [6.45, 7) is 1.88. The number of carbonyl (C=O) groups is 1. The first-order chi connectivity index (χ1) is 8.81. The molecule has 106 valence electrons. The lowest BCUT2D eigenvalue weighted by molar-refractivity contribution is 0.0698. The van der Waals surface area contributed by atoms with Crippen molar-refractivity contribution in [3.63, 3.8) is 0 Å². The van der Waals surface area contributed by atoms with E-state index in [4.69, 9.17) is 22.4 Å². The van der Waals surface area contributed by atoms with Crippen molar-refractivity contribution in [1.29, 1.82) is 0 Å². The normalized spacial score (nSPS) is 13.8. The van der Waals surface area contributed by atoms with Crippen LogP contribution in [0.1, 0.15) is 23.7 Å². The Hall–Kier alpha value is -1.27. The molecular weight excluding hydrogens is 288 g/mol. The predicted octanol–water partition coefficient (Wildman–Crippen LogP) is 2.19. The Labute approximate surface area is 119 Å². The summed E-state index contributed by atoms with van der Waals surface area (Å²) in [5.41, 5.74) is 6.26. The Bertz CT molecular complexity index is 508. The lowest BCUT2D eigenvalue weighted by Crippen LogP contribution is -2.20. The summed E-state index contributed by atoms with van der Waals surface area (Å²) in [6.07, 6.45) is 2.29. The summed E-state index contributed by atoms with van der Waals surface area (Å²) in [5, 5.41) is 12.4. The molecule has 1 aromatic carbocycles. The van der Waals surface area contributed by atoms with Crippen molar-refractivity contribution in [2.45, 2.75) is 19.4 Å². The molecule has 0 spiro atoms. The second-order valence-corrected chi connectivity index (χ2v) is 6.30. The van der Waals surface area contributed by atoms with Gasteiger partial charge in [0.25, 0.3) is 0 Å². The number of nitrogen functional groups attached to an aromatic ring is 1. The highest BCUT2D eigenvalue weighted by atomic mass is 35.5. The molecule has 0 aliphatic carbocycles. The van der Waals surface area contributed by atoms with E-state index >= 15 is 0 Å². The zero-order chi connectivity index (χ0) is 14.6. The van der Waals surface area contributed by atoms with Crippen molar-refractivity contribution in [1.82, 2.24) is 0 Å². The highest BCUT2D eigenvalue weighted by Gasteiger charge is 2.16. The van der Waals surface area contributed by atoms with Gasteiger partial charge >= 0.3 is 5.97 Å². The van der Waals surface area contributed by atoms with E-state index < -0.39 is 16.8 Å². The monoisotopic (exact) mass is 304 g/mol. The number of carboxylic acid groups (broad SMARTS) is 1. The van der Waals surface area contributed by atoms with Crippen molar-refractivity contribution in [3.05, 3.63) is 22.7 Å². The number of hydrogen-bond donors (Lipinski definition) is 3. The second-order valence-electron chi connectivity index (χ2n) is 4.34. The van der Waals surface area contributed by atoms with E-state index in [0.717, 1.165) is 0 Å². The Morgan fingerprint density at radius 3 is 2.74 bits per heavy atom. The molecule has 5 nitrogen and oxygen atoms in total. The van der Waals surface area contributed by atoms with Crippen LogP contribution in [-0.2, 0) is 10.8 Å². The number of halogens is 1. The van der Waals surface area contributed by atoms with Crippen molar-refractivity contribution in [2.75, 3.05) is 23.1 Å². The maximum absolute atomic E-state index is 11.2. The highest BCUT2D eigenvalue weighted by molar-refractivity contribution is 7.84. The van der Waals surface area contributed by atoms with Crippen molar-refractivity contribution < 1.29 is 14.1 Å². The number of benzene rings is 1. The summed E-state index contributed by atoms with van der Waals surface area (Å²) in [4.78, 5) is 11.2. The molecule has 1 rings (SSSR count). The molecule has 0 radical (unpaired) electrons. The molecule has 0 aromatic heterocycles. The molecule has 0 bridgehead atoms. The van der Waals surface area contributed by atoms with Crippen LogP contribution >= 0.6 is 11.6 Å². The zero-order valence-electron chi connectivity index (χ0n) is 10.8. The average Bonchev–Trinajstić information content (AvgIpc) is 2.29. The van der Waals surface area contributed by atoms with Crippen molar-refractivity contribution in [2.24, 2.45) is 0 Å². The standard InChI is InChI=1S/C12H17ClN2O3S/c1-7(3-4-19(2)18)15-11-9(12(16)17)5-8(14)6-10(11)13/h5-7,15H,3-4,14H2,1-2H3,(H,16,17). The molecule has 4 N–H and O–H groups in total. The molecule has 0 saturated carbocycles. The number of carboxylic acids is 1. The van der Waals surface area contributed by atoms with Crippen molar-refractivity contribution in [3.8, 4) is 0 Å². The Kier molecular flexibility index (Phi) is 5.62. The van der Waals surface area contributed by atoms with Crippen LogP contribution in [-0.4, -0.2) is 33.3 Å². The van der Waals surface area contributed by atoms with E-state index in [0.29, 0.717) is 23.5 Å². The largest absolute Gasteiger partial charge is 0.478 e. The van der Waals surface area contributed by atoms with Crippen LogP contribution in [0.3, 0.4) is 0 Å². The van der Waals surface area contributed by atoms with Crippen LogP contribution in [0.2, 0.25) is 5.02 Å². The molecule has 19 heavy (non-hydrogen) atoms. The smallest absolute Gasteiger partial charge is 0.337 e. The van der Waals surface area contributed by atoms with Gasteiger partial charge in [-0.05, 0) is 25.5 Å². The third-order valence-electron chi connectivity index (χ3n) is 2.57. The third-order valence-corrected chi connectivity index (χ3v) is 3.68. The molecule has 1 aromatic rings. The van der Waals surface area contributed by atoms with Crippen LogP contribution < -0.4 is 11.1 Å². The van der Waals surface area contributed by atoms with Gasteiger partial charge in [0.2, 0.25) is 0 Å². The molecule has 7 heteroatoms. The molecule has 0 saturated heterocycles. The van der Waals surface area contributed by atoms with Gasteiger partial charge in [-0.25, -0.2) is 4.79 Å². The van der Waals surface area contributed by atoms with E-state index in [2.05, 4.69) is 5.32 Å². The minimum Gasteiger partial charge on any atom is -0.478 e. The van der Waals surface area contributed by atoms with Gasteiger partial charge in [0.1, 0.15) is 0 Å². The zero-order valence-corrected chi connectivity index (χ0v) is 12.3. The summed E-state index contributed by atoms with van der Waals surface area (Å²) in [6, 6.07) is 2.82. The highest BCUT2D eigenvalue weighted by Crippen LogP contribution is 2.30. The van der Waals surface area contributed by atoms with Gasteiger partial charge in [0.05, 0.1) is 16.3 Å². The van der Waals surface area contributed by atoms with Crippen molar-refractivity contribution >= 4 is 39.7 Å². The van der Waals surface area contributed by atoms with Gasteiger partial charge < -0.3 is 16.2 Å². The molecular formula is C12H17ClN2O3S. The fourth-order valence-electron chi connectivity index (χ4n) is 1.60. The Morgan fingerprint density at radius 1 is 1.58 bits per heavy atom. The van der Waals surface area contributed by atoms with Crippen LogP contribution in [0, 0.1) is 0 Å². The van der Waals surface area contributed by atoms with Crippen LogP contribution in [0.15, 0.2) is 12.1 Å². The number of nitrogens with two attached hydrogens (primary N) is 1. The average molecular weight is 305 g/mol. The van der Waals surface area contributed by atoms with E-state index in [1.165, 1.54) is 12.1 Å². The summed E-state index contributed by atoms with van der Waals surface area (Å²) < 4.78 is 11.0. The van der Waals surface area contributed by atoms with Gasteiger partial charge in [0, 0.05) is 34.5 Å². The number of aromatic carboxylic acids is 1. The quantitative estimate of drug-likeness (QED) is 0.701. The molecule has 0 fully saturated rings. The van der Waals surface area contributed by atoms with Gasteiger partial charge in [-0.1, -0.05) is 11.6 Å². The van der Waals surface area contributed by atoms with E-state index in [-0.39, 0.29) is 16.6 Å². The number of anilines is 2. The fraction of sp³-hybridized carbons (Fsp3) is 0.417. The number of rotatable bonds is 6. The van der Waals surface area contributed by atoms with Crippen LogP contribution in [0.25, 0.3) is 0 Å². The lowest BCUT2D eigenvalue weighted by Gasteiger charge is -2.18. The van der Waals surface area contributed by atoms with Gasteiger partial charge in [0.15, 0.2) is 0 Å². The second kappa shape index (κ2) is 6.77. The first-order valence-electron chi connectivity index (χ1n) is 5.70. The molecule has 2 atom stereocenters. The van der Waals surface area contributed by atoms with Crippen LogP contribution in [0.5, 0.6) is 0 Å². The minimum atomic E-state index is -1.09. The summed E-state index contributed by atoms with van der Waals surface area (Å²) >= 11 is 6.02. The lowest BCUT2D eigenvalue weighted by atomic mass is 10.1. The Balaban J connectivity index is 2.93. The summed E-state index contributed by atoms with van der Waals surface area (Å²) in [7, 11) is -0.877. The SMILES string of the molecule is CC(CCS(C)=O)Nc1c(Cl)cc(N)cc1C(=O)O. The first-order valence-corrected chi connectivity index (χ1v) is 7.80.